The van der Waals surface area contributed by atoms with Crippen LogP contribution in [0, 0.1) is 10.1 Å². The first-order valence-electron chi connectivity index (χ1n) is 7.82. The molecule has 24 heavy (non-hydrogen) atoms. The zero-order chi connectivity index (χ0) is 17.3. The molecule has 0 aliphatic carbocycles. The third-order valence-electron chi connectivity index (χ3n) is 4.12. The molecule has 0 bridgehead atoms. The predicted molar refractivity (Wildman–Crippen MR) is 89.8 cm³/mol. The maximum atomic E-state index is 11.4. The van der Waals surface area contributed by atoms with Crippen LogP contribution in [0.25, 0.3) is 5.57 Å². The van der Waals surface area contributed by atoms with Gasteiger partial charge in [-0.15, -0.1) is 0 Å². The van der Waals surface area contributed by atoms with Gasteiger partial charge in [0.05, 0.1) is 4.92 Å². The molecule has 1 aliphatic rings. The summed E-state index contributed by atoms with van der Waals surface area (Å²) in [5, 5.41) is 15.4. The van der Waals surface area contributed by atoms with Gasteiger partial charge in [-0.3, -0.25) is 15.1 Å². The third kappa shape index (κ3) is 2.84. The van der Waals surface area contributed by atoms with E-state index in [1.54, 1.807) is 12.1 Å². The lowest BCUT2D eigenvalue weighted by molar-refractivity contribution is -0.385. The van der Waals surface area contributed by atoms with Crippen molar-refractivity contribution in [2.45, 2.75) is 39.5 Å². The number of aromatic nitrogens is 2. The van der Waals surface area contributed by atoms with Crippen LogP contribution in [-0.4, -0.2) is 20.8 Å². The van der Waals surface area contributed by atoms with Crippen LogP contribution in [0.4, 0.5) is 5.69 Å². The summed E-state index contributed by atoms with van der Waals surface area (Å²) in [4.78, 5) is 20.0. The number of nitrogens with zero attached hydrogens (tertiary/aromatic N) is 4. The van der Waals surface area contributed by atoms with Gasteiger partial charge in [0.1, 0.15) is 0 Å². The van der Waals surface area contributed by atoms with E-state index in [9.17, 15) is 10.1 Å². The molecule has 2 aromatic rings. The Kier molecular flexibility index (Phi) is 4.24. The summed E-state index contributed by atoms with van der Waals surface area (Å²) in [6, 6.07) is 6.78. The minimum absolute atomic E-state index is 0.0951. The molecule has 2 heterocycles. The molecule has 0 amide bonds. The molecule has 3 rings (SSSR count). The van der Waals surface area contributed by atoms with Gasteiger partial charge in [0.2, 0.25) is 0 Å². The summed E-state index contributed by atoms with van der Waals surface area (Å²) < 4.78 is 5.39. The summed E-state index contributed by atoms with van der Waals surface area (Å²) in [6.07, 6.45) is 1.25. The van der Waals surface area contributed by atoms with Crippen molar-refractivity contribution in [3.8, 4) is 0 Å². The number of rotatable bonds is 4. The van der Waals surface area contributed by atoms with Crippen LogP contribution in [-0.2, 0) is 6.42 Å². The van der Waals surface area contributed by atoms with Crippen LogP contribution in [0.3, 0.4) is 0 Å². The van der Waals surface area contributed by atoms with Crippen molar-refractivity contribution >= 4 is 17.0 Å². The minimum atomic E-state index is -0.353. The Morgan fingerprint density at radius 2 is 2.08 bits per heavy atom. The van der Waals surface area contributed by atoms with E-state index in [4.69, 9.17) is 4.52 Å². The van der Waals surface area contributed by atoms with E-state index in [-0.39, 0.29) is 16.5 Å². The topological polar surface area (TPSA) is 94.4 Å². The van der Waals surface area contributed by atoms with Crippen molar-refractivity contribution in [2.75, 3.05) is 0 Å². The van der Waals surface area contributed by atoms with E-state index in [1.165, 1.54) is 6.07 Å². The van der Waals surface area contributed by atoms with E-state index < -0.39 is 0 Å². The second kappa shape index (κ2) is 6.35. The maximum Gasteiger partial charge on any atom is 0.273 e. The molecular weight excluding hydrogens is 308 g/mol. The van der Waals surface area contributed by atoms with E-state index in [0.29, 0.717) is 30.1 Å². The summed E-state index contributed by atoms with van der Waals surface area (Å²) in [5.41, 5.74) is 3.19. The molecule has 0 saturated carbocycles. The van der Waals surface area contributed by atoms with E-state index in [1.807, 2.05) is 26.8 Å². The van der Waals surface area contributed by atoms with Gasteiger partial charge in [0.15, 0.2) is 5.82 Å². The highest BCUT2D eigenvalue weighted by molar-refractivity contribution is 5.91. The summed E-state index contributed by atoms with van der Waals surface area (Å²) in [7, 11) is 0. The number of nitro benzene ring substituents is 1. The highest BCUT2D eigenvalue weighted by Crippen LogP contribution is 2.43. The van der Waals surface area contributed by atoms with Gasteiger partial charge in [0, 0.05) is 41.0 Å². The second-order valence-electron chi connectivity index (χ2n) is 5.79. The fourth-order valence-electron chi connectivity index (χ4n) is 3.07. The lowest BCUT2D eigenvalue weighted by atomic mass is 9.83. The zero-order valence-corrected chi connectivity index (χ0v) is 13.8. The van der Waals surface area contributed by atoms with Gasteiger partial charge < -0.3 is 4.52 Å². The highest BCUT2D eigenvalue weighted by Gasteiger charge is 2.32. The van der Waals surface area contributed by atoms with Crippen molar-refractivity contribution < 1.29 is 9.45 Å². The minimum Gasteiger partial charge on any atom is -0.334 e. The maximum absolute atomic E-state index is 11.4. The predicted octanol–water partition coefficient (Wildman–Crippen LogP) is 3.92. The number of allylic oxidation sites excluding steroid dienone is 2. The molecule has 1 unspecified atom stereocenters. The van der Waals surface area contributed by atoms with Crippen molar-refractivity contribution in [3.05, 3.63) is 57.4 Å². The van der Waals surface area contributed by atoms with Gasteiger partial charge >= 0.3 is 0 Å². The Hall–Kier alpha value is -2.83. The first-order chi connectivity index (χ1) is 11.5. The molecule has 1 aliphatic heterocycles. The monoisotopic (exact) mass is 326 g/mol. The van der Waals surface area contributed by atoms with E-state index >= 15 is 0 Å². The van der Waals surface area contributed by atoms with E-state index in [2.05, 4.69) is 15.1 Å². The van der Waals surface area contributed by atoms with Crippen LogP contribution in [0.5, 0.6) is 0 Å². The zero-order valence-electron chi connectivity index (χ0n) is 13.8. The number of hydrogen-bond acceptors (Lipinski definition) is 6. The average molecular weight is 326 g/mol. The molecule has 0 radical (unpaired) electrons. The fraction of sp³-hybridized carbons (Fsp3) is 0.353. The third-order valence-corrected chi connectivity index (χ3v) is 4.12. The van der Waals surface area contributed by atoms with Gasteiger partial charge in [-0.2, -0.15) is 4.98 Å². The molecule has 0 N–H and O–H groups in total. The normalized spacial score (nSPS) is 17.8. The largest absolute Gasteiger partial charge is 0.334 e. The first-order valence-corrected chi connectivity index (χ1v) is 7.82. The SMILES string of the molecule is CCc1noc(C2=C(C)N=C(C)CC2c2ccccc2[N+](=O)[O-])n1. The molecule has 124 valence electrons. The van der Waals surface area contributed by atoms with Gasteiger partial charge in [-0.05, 0) is 20.3 Å². The fourth-order valence-corrected chi connectivity index (χ4v) is 3.07. The molecule has 0 spiro atoms. The summed E-state index contributed by atoms with van der Waals surface area (Å²) in [6.45, 7) is 5.74. The van der Waals surface area contributed by atoms with Crippen LogP contribution in [0.15, 0.2) is 39.5 Å². The number of para-hydroxylation sites is 1. The Morgan fingerprint density at radius 1 is 1.33 bits per heavy atom. The molecule has 0 fully saturated rings. The van der Waals surface area contributed by atoms with Crippen molar-refractivity contribution in [1.29, 1.82) is 0 Å². The van der Waals surface area contributed by atoms with Gasteiger partial charge in [0.25, 0.3) is 11.6 Å². The van der Waals surface area contributed by atoms with Crippen LogP contribution in [0.2, 0.25) is 0 Å². The van der Waals surface area contributed by atoms with Crippen LogP contribution in [0.1, 0.15) is 50.4 Å². The lowest BCUT2D eigenvalue weighted by Gasteiger charge is -2.23. The Morgan fingerprint density at radius 3 is 2.75 bits per heavy atom. The Balaban J connectivity index is 2.16. The molecular formula is C17H18N4O3. The highest BCUT2D eigenvalue weighted by atomic mass is 16.6. The molecule has 1 aromatic carbocycles. The Labute approximate surface area is 139 Å². The first kappa shape index (κ1) is 16.0. The quantitative estimate of drug-likeness (QED) is 0.627. The van der Waals surface area contributed by atoms with Crippen molar-refractivity contribution in [2.24, 2.45) is 4.99 Å². The molecule has 7 heteroatoms. The lowest BCUT2D eigenvalue weighted by Crippen LogP contribution is -2.15. The molecule has 7 nitrogen and oxygen atoms in total. The number of aryl methyl sites for hydroxylation is 1. The summed E-state index contributed by atoms with van der Waals surface area (Å²) in [5.74, 6) is 0.774. The van der Waals surface area contributed by atoms with Crippen molar-refractivity contribution in [1.82, 2.24) is 10.1 Å². The molecule has 1 atom stereocenters. The second-order valence-corrected chi connectivity index (χ2v) is 5.79. The molecule has 0 saturated heterocycles. The van der Waals surface area contributed by atoms with Gasteiger partial charge in [-0.25, -0.2) is 0 Å². The Bertz CT molecular complexity index is 851. The number of hydrogen-bond donors (Lipinski definition) is 0. The van der Waals surface area contributed by atoms with E-state index in [0.717, 1.165) is 17.0 Å². The standard InChI is InChI=1S/C17H18N4O3/c1-4-15-19-17(24-20-15)16-11(3)18-10(2)9-13(16)12-7-5-6-8-14(12)21(22)23/h5-8,13H,4,9H2,1-3H3. The number of benzene rings is 1. The smallest absolute Gasteiger partial charge is 0.273 e. The summed E-state index contributed by atoms with van der Waals surface area (Å²) >= 11 is 0. The number of aliphatic imine (C=N–C) groups is 1. The van der Waals surface area contributed by atoms with Crippen LogP contribution < -0.4 is 0 Å². The van der Waals surface area contributed by atoms with Gasteiger partial charge in [-0.1, -0.05) is 30.3 Å². The van der Waals surface area contributed by atoms with Crippen molar-refractivity contribution in [3.63, 3.8) is 0 Å². The van der Waals surface area contributed by atoms with Crippen LogP contribution >= 0.6 is 0 Å². The number of nitro groups is 1. The molecule has 1 aromatic heterocycles. The average Bonchev–Trinajstić information content (AvgIpc) is 3.02.